The Morgan fingerprint density at radius 1 is 1.22 bits per heavy atom. The van der Waals surface area contributed by atoms with E-state index in [-0.39, 0.29) is 18.8 Å². The Balaban J connectivity index is 1.55. The summed E-state index contributed by atoms with van der Waals surface area (Å²) < 4.78 is 21.5. The zero-order chi connectivity index (χ0) is 15.8. The van der Waals surface area contributed by atoms with E-state index in [1.807, 2.05) is 6.92 Å². The lowest BCUT2D eigenvalue weighted by Gasteiger charge is -2.34. The number of nitrogens with zero attached hydrogens (tertiary/aromatic N) is 1. The summed E-state index contributed by atoms with van der Waals surface area (Å²) in [6.07, 6.45) is 0.606. The molecule has 1 aromatic heterocycles. The molecule has 0 aliphatic carbocycles. The SMILES string of the molecule is C[C@H]1CN(C(=O)c2ccc3c(c2)OCO3)O[C@H](c2ccco2)O1. The average molecular weight is 317 g/mol. The molecule has 2 aromatic rings. The fraction of sp³-hybridized carbons (Fsp3) is 0.312. The second kappa shape index (κ2) is 5.60. The molecule has 0 bridgehead atoms. The zero-order valence-electron chi connectivity index (χ0n) is 12.4. The molecule has 1 fully saturated rings. The Bertz CT molecular complexity index is 713. The molecular weight excluding hydrogens is 302 g/mol. The molecule has 7 nitrogen and oxygen atoms in total. The van der Waals surface area contributed by atoms with E-state index >= 15 is 0 Å². The molecule has 0 saturated carbocycles. The number of hydrogen-bond acceptors (Lipinski definition) is 6. The number of furan rings is 1. The predicted octanol–water partition coefficient (Wildman–Crippen LogP) is 2.50. The average Bonchev–Trinajstić information content (AvgIpc) is 3.24. The molecule has 2 aliphatic heterocycles. The van der Waals surface area contributed by atoms with Crippen LogP contribution in [0, 0.1) is 0 Å². The largest absolute Gasteiger partial charge is 0.464 e. The lowest BCUT2D eigenvalue weighted by atomic mass is 10.2. The zero-order valence-corrected chi connectivity index (χ0v) is 12.4. The first-order chi connectivity index (χ1) is 11.2. The molecule has 120 valence electrons. The molecule has 2 aliphatic rings. The summed E-state index contributed by atoms with van der Waals surface area (Å²) in [5.41, 5.74) is 0.460. The van der Waals surface area contributed by atoms with Gasteiger partial charge in [-0.25, -0.2) is 9.90 Å². The molecule has 0 N–H and O–H groups in total. The van der Waals surface area contributed by atoms with Crippen LogP contribution in [0.1, 0.15) is 29.3 Å². The summed E-state index contributed by atoms with van der Waals surface area (Å²) in [6, 6.07) is 8.53. The van der Waals surface area contributed by atoms with E-state index in [1.165, 1.54) is 11.3 Å². The summed E-state index contributed by atoms with van der Waals surface area (Å²) in [4.78, 5) is 18.3. The number of amides is 1. The van der Waals surface area contributed by atoms with Crippen molar-refractivity contribution in [2.75, 3.05) is 13.3 Å². The summed E-state index contributed by atoms with van der Waals surface area (Å²) >= 11 is 0. The molecule has 2 atom stereocenters. The van der Waals surface area contributed by atoms with Crippen molar-refractivity contribution in [3.63, 3.8) is 0 Å². The second-order valence-corrected chi connectivity index (χ2v) is 5.33. The topological polar surface area (TPSA) is 70.4 Å². The van der Waals surface area contributed by atoms with Gasteiger partial charge in [-0.15, -0.1) is 0 Å². The van der Waals surface area contributed by atoms with Gasteiger partial charge in [-0.1, -0.05) is 0 Å². The molecule has 3 heterocycles. The number of ether oxygens (including phenoxy) is 3. The van der Waals surface area contributed by atoms with Crippen LogP contribution in [-0.2, 0) is 9.57 Å². The maximum Gasteiger partial charge on any atom is 0.277 e. The summed E-state index contributed by atoms with van der Waals surface area (Å²) in [5.74, 6) is 1.43. The van der Waals surface area contributed by atoms with Crippen LogP contribution in [-0.4, -0.2) is 30.4 Å². The minimum Gasteiger partial charge on any atom is -0.464 e. The number of rotatable bonds is 2. The van der Waals surface area contributed by atoms with E-state index < -0.39 is 6.29 Å². The normalized spacial score (nSPS) is 23.1. The van der Waals surface area contributed by atoms with Crippen molar-refractivity contribution < 1.29 is 28.3 Å². The van der Waals surface area contributed by atoms with Crippen LogP contribution in [0.3, 0.4) is 0 Å². The van der Waals surface area contributed by atoms with Crippen LogP contribution in [0.2, 0.25) is 0 Å². The Hall–Kier alpha value is -2.51. The van der Waals surface area contributed by atoms with E-state index in [2.05, 4.69) is 0 Å². The molecule has 0 radical (unpaired) electrons. The van der Waals surface area contributed by atoms with Gasteiger partial charge < -0.3 is 18.6 Å². The van der Waals surface area contributed by atoms with Crippen LogP contribution < -0.4 is 9.47 Å². The van der Waals surface area contributed by atoms with Crippen LogP contribution in [0.15, 0.2) is 41.0 Å². The summed E-state index contributed by atoms with van der Waals surface area (Å²) in [5, 5.41) is 1.29. The van der Waals surface area contributed by atoms with E-state index in [0.29, 0.717) is 29.4 Å². The highest BCUT2D eigenvalue weighted by Crippen LogP contribution is 2.34. The van der Waals surface area contributed by atoms with Crippen molar-refractivity contribution in [1.29, 1.82) is 0 Å². The predicted molar refractivity (Wildman–Crippen MR) is 76.7 cm³/mol. The second-order valence-electron chi connectivity index (χ2n) is 5.33. The first kappa shape index (κ1) is 14.1. The highest BCUT2D eigenvalue weighted by molar-refractivity contribution is 5.94. The number of carbonyl (C=O) groups excluding carboxylic acids is 1. The van der Waals surface area contributed by atoms with Gasteiger partial charge in [0, 0.05) is 5.56 Å². The van der Waals surface area contributed by atoms with Crippen molar-refractivity contribution >= 4 is 5.91 Å². The molecule has 1 saturated heterocycles. The summed E-state index contributed by atoms with van der Waals surface area (Å²) in [7, 11) is 0. The minimum absolute atomic E-state index is 0.165. The van der Waals surface area contributed by atoms with Gasteiger partial charge in [0.25, 0.3) is 5.91 Å². The Morgan fingerprint density at radius 2 is 2.09 bits per heavy atom. The maximum atomic E-state index is 12.7. The van der Waals surface area contributed by atoms with Crippen molar-refractivity contribution in [3.05, 3.63) is 47.9 Å². The summed E-state index contributed by atoms with van der Waals surface area (Å²) in [6.45, 7) is 2.36. The lowest BCUT2D eigenvalue weighted by Crippen LogP contribution is -2.44. The number of fused-ring (bicyclic) bond motifs is 1. The number of hydroxylamine groups is 2. The molecule has 1 amide bonds. The van der Waals surface area contributed by atoms with Gasteiger partial charge in [0.1, 0.15) is 0 Å². The van der Waals surface area contributed by atoms with Gasteiger partial charge >= 0.3 is 0 Å². The smallest absolute Gasteiger partial charge is 0.277 e. The van der Waals surface area contributed by atoms with Gasteiger partial charge in [0.15, 0.2) is 17.3 Å². The molecular formula is C16H15NO6. The van der Waals surface area contributed by atoms with Gasteiger partial charge in [0.05, 0.1) is 18.9 Å². The number of hydrogen-bond donors (Lipinski definition) is 0. The number of carbonyl (C=O) groups is 1. The van der Waals surface area contributed by atoms with Crippen molar-refractivity contribution in [2.45, 2.75) is 19.3 Å². The van der Waals surface area contributed by atoms with Crippen LogP contribution in [0.25, 0.3) is 0 Å². The van der Waals surface area contributed by atoms with E-state index in [4.69, 9.17) is 23.5 Å². The molecule has 4 rings (SSSR count). The Kier molecular flexibility index (Phi) is 3.44. The quantitative estimate of drug-likeness (QED) is 0.847. The van der Waals surface area contributed by atoms with Crippen LogP contribution in [0.4, 0.5) is 0 Å². The van der Waals surface area contributed by atoms with Crippen molar-refractivity contribution in [1.82, 2.24) is 5.06 Å². The van der Waals surface area contributed by atoms with Gasteiger partial charge in [-0.05, 0) is 37.3 Å². The molecule has 7 heteroatoms. The monoisotopic (exact) mass is 317 g/mol. The van der Waals surface area contributed by atoms with E-state index in [0.717, 1.165) is 0 Å². The third-order valence-electron chi connectivity index (χ3n) is 3.62. The maximum absolute atomic E-state index is 12.7. The fourth-order valence-corrected chi connectivity index (χ4v) is 2.52. The van der Waals surface area contributed by atoms with E-state index in [1.54, 1.807) is 30.3 Å². The third-order valence-corrected chi connectivity index (χ3v) is 3.62. The molecule has 1 aromatic carbocycles. The molecule has 0 unspecified atom stereocenters. The van der Waals surface area contributed by atoms with Gasteiger partial charge in [0.2, 0.25) is 13.1 Å². The van der Waals surface area contributed by atoms with Gasteiger partial charge in [-0.3, -0.25) is 4.79 Å². The fourth-order valence-electron chi connectivity index (χ4n) is 2.52. The van der Waals surface area contributed by atoms with Gasteiger partial charge in [-0.2, -0.15) is 0 Å². The van der Waals surface area contributed by atoms with Crippen molar-refractivity contribution in [2.24, 2.45) is 0 Å². The minimum atomic E-state index is -0.744. The van der Waals surface area contributed by atoms with E-state index in [9.17, 15) is 4.79 Å². The highest BCUT2D eigenvalue weighted by Gasteiger charge is 2.33. The third kappa shape index (κ3) is 2.64. The first-order valence-corrected chi connectivity index (χ1v) is 7.28. The molecule has 23 heavy (non-hydrogen) atoms. The lowest BCUT2D eigenvalue weighted by molar-refractivity contribution is -0.325. The Morgan fingerprint density at radius 3 is 2.91 bits per heavy atom. The molecule has 0 spiro atoms. The Labute approximate surface area is 132 Å². The first-order valence-electron chi connectivity index (χ1n) is 7.28. The van der Waals surface area contributed by atoms with Crippen molar-refractivity contribution in [3.8, 4) is 11.5 Å². The van der Waals surface area contributed by atoms with Crippen LogP contribution >= 0.6 is 0 Å². The standard InChI is InChI=1S/C16H15NO6/c1-10-8-17(23-16(22-10)13-3-2-6-19-13)15(18)11-4-5-12-14(7-11)21-9-20-12/h2-7,10,16H,8-9H2,1H3/t10-,16+/m0/s1. The van der Waals surface area contributed by atoms with Crippen LogP contribution in [0.5, 0.6) is 11.5 Å². The highest BCUT2D eigenvalue weighted by atomic mass is 16.8. The number of benzene rings is 1.